The molecular weight excluding hydrogens is 417 g/mol. The van der Waals surface area contributed by atoms with Crippen LogP contribution < -0.4 is 9.64 Å². The number of aromatic nitrogens is 3. The minimum Gasteiger partial charge on any atom is -0.489 e. The molecule has 2 aromatic heterocycles. The average molecular weight is 435 g/mol. The van der Waals surface area contributed by atoms with Crippen molar-refractivity contribution in [3.63, 3.8) is 0 Å². The summed E-state index contributed by atoms with van der Waals surface area (Å²) in [5, 5.41) is 0.533. The maximum Gasteiger partial charge on any atom is 0.433 e. The summed E-state index contributed by atoms with van der Waals surface area (Å²) in [6.45, 7) is 1.01. The van der Waals surface area contributed by atoms with E-state index in [0.29, 0.717) is 42.4 Å². The Labute approximate surface area is 176 Å². The Morgan fingerprint density at radius 2 is 1.73 bits per heavy atom. The highest BCUT2D eigenvalue weighted by molar-refractivity contribution is 6.32. The number of alkyl halides is 3. The number of benzene rings is 1. The summed E-state index contributed by atoms with van der Waals surface area (Å²) in [5.41, 5.74) is -0.690. The lowest BCUT2D eigenvalue weighted by Crippen LogP contribution is -2.39. The molecule has 0 bridgehead atoms. The van der Waals surface area contributed by atoms with Crippen molar-refractivity contribution in [2.75, 3.05) is 18.0 Å². The molecule has 156 valence electrons. The summed E-state index contributed by atoms with van der Waals surface area (Å²) in [5.74, 6) is 0.792. The first-order valence-corrected chi connectivity index (χ1v) is 9.82. The summed E-state index contributed by atoms with van der Waals surface area (Å²) in [6, 6.07) is 13.2. The first-order valence-electron chi connectivity index (χ1n) is 9.44. The minimum atomic E-state index is -4.58. The molecule has 3 heterocycles. The number of rotatable bonds is 4. The van der Waals surface area contributed by atoms with E-state index < -0.39 is 11.9 Å². The van der Waals surface area contributed by atoms with E-state index in [9.17, 15) is 13.2 Å². The molecule has 4 rings (SSSR count). The molecule has 3 aromatic rings. The van der Waals surface area contributed by atoms with E-state index in [1.54, 1.807) is 30.3 Å². The van der Waals surface area contributed by atoms with Gasteiger partial charge in [0.05, 0.1) is 5.02 Å². The van der Waals surface area contributed by atoms with Crippen LogP contribution in [0.5, 0.6) is 5.75 Å². The van der Waals surface area contributed by atoms with Crippen molar-refractivity contribution in [1.82, 2.24) is 15.0 Å². The number of nitrogens with zero attached hydrogens (tertiary/aromatic N) is 4. The largest absolute Gasteiger partial charge is 0.489 e. The van der Waals surface area contributed by atoms with Crippen molar-refractivity contribution in [3.05, 3.63) is 65.4 Å². The van der Waals surface area contributed by atoms with Gasteiger partial charge in [-0.25, -0.2) is 9.97 Å². The van der Waals surface area contributed by atoms with Gasteiger partial charge in [0.15, 0.2) is 11.5 Å². The van der Waals surface area contributed by atoms with Crippen molar-refractivity contribution >= 4 is 17.4 Å². The average Bonchev–Trinajstić information content (AvgIpc) is 2.76. The molecule has 9 heteroatoms. The molecule has 1 aliphatic heterocycles. The predicted molar refractivity (Wildman–Crippen MR) is 108 cm³/mol. The van der Waals surface area contributed by atoms with E-state index in [2.05, 4.69) is 15.0 Å². The van der Waals surface area contributed by atoms with Crippen LogP contribution in [0.15, 0.2) is 54.7 Å². The molecular formula is C21H18ClF3N4O. The molecule has 0 amide bonds. The molecule has 0 radical (unpaired) electrons. The Morgan fingerprint density at radius 3 is 2.40 bits per heavy atom. The molecule has 1 saturated heterocycles. The highest BCUT2D eigenvalue weighted by Crippen LogP contribution is 2.33. The third-order valence-electron chi connectivity index (χ3n) is 4.79. The van der Waals surface area contributed by atoms with Crippen LogP contribution in [0.25, 0.3) is 11.5 Å². The van der Waals surface area contributed by atoms with Crippen LogP contribution in [0.2, 0.25) is 5.02 Å². The standard InChI is InChI=1S/C21H18ClF3N4O/c22-15-5-1-2-7-17(15)30-14-8-11-29(12-9-14)19-13-18(21(23,24)25)27-20(28-19)16-6-3-4-10-26-16/h1-7,10,13-14H,8-9,11-12H2. The minimum absolute atomic E-state index is 0.0464. The number of halogens is 4. The van der Waals surface area contributed by atoms with Crippen LogP contribution >= 0.6 is 11.6 Å². The van der Waals surface area contributed by atoms with E-state index in [-0.39, 0.29) is 17.7 Å². The van der Waals surface area contributed by atoms with Crippen LogP contribution in [0.1, 0.15) is 18.5 Å². The second-order valence-corrected chi connectivity index (χ2v) is 7.29. The van der Waals surface area contributed by atoms with Gasteiger partial charge in [0.1, 0.15) is 23.4 Å². The quantitative estimate of drug-likeness (QED) is 0.560. The molecule has 30 heavy (non-hydrogen) atoms. The van der Waals surface area contributed by atoms with Crippen molar-refractivity contribution in [2.24, 2.45) is 0 Å². The molecule has 0 spiro atoms. The summed E-state index contributed by atoms with van der Waals surface area (Å²) in [4.78, 5) is 13.9. The molecule has 0 unspecified atom stereocenters. The third-order valence-corrected chi connectivity index (χ3v) is 5.11. The summed E-state index contributed by atoms with van der Waals surface area (Å²) in [6.07, 6.45) is -1.88. The number of anilines is 1. The van der Waals surface area contributed by atoms with Crippen LogP contribution in [0.4, 0.5) is 19.0 Å². The first kappa shape index (κ1) is 20.4. The molecule has 0 atom stereocenters. The zero-order valence-corrected chi connectivity index (χ0v) is 16.6. The van der Waals surface area contributed by atoms with E-state index in [1.807, 2.05) is 17.0 Å². The molecule has 0 saturated carbocycles. The second-order valence-electron chi connectivity index (χ2n) is 6.88. The van der Waals surface area contributed by atoms with E-state index in [0.717, 1.165) is 6.07 Å². The van der Waals surface area contributed by atoms with E-state index in [1.165, 1.54) is 6.20 Å². The summed E-state index contributed by atoms with van der Waals surface area (Å²) < 4.78 is 46.2. The fraction of sp³-hybridized carbons (Fsp3) is 0.286. The molecule has 1 aliphatic rings. The predicted octanol–water partition coefficient (Wildman–Crippen LogP) is 5.26. The van der Waals surface area contributed by atoms with Gasteiger partial charge in [0.25, 0.3) is 0 Å². The smallest absolute Gasteiger partial charge is 0.433 e. The SMILES string of the molecule is FC(F)(F)c1cc(N2CCC(Oc3ccccc3Cl)CC2)nc(-c2ccccn2)n1. The van der Waals surface area contributed by atoms with Gasteiger partial charge < -0.3 is 9.64 Å². The Hall–Kier alpha value is -2.87. The Kier molecular flexibility index (Phi) is 5.76. The monoisotopic (exact) mass is 434 g/mol. The molecule has 1 aromatic carbocycles. The Morgan fingerprint density at radius 1 is 1.00 bits per heavy atom. The molecule has 1 fully saturated rings. The van der Waals surface area contributed by atoms with Gasteiger partial charge in [-0.05, 0) is 24.3 Å². The normalized spacial score (nSPS) is 15.3. The van der Waals surface area contributed by atoms with Crippen molar-refractivity contribution in [1.29, 1.82) is 0 Å². The fourth-order valence-electron chi connectivity index (χ4n) is 3.27. The third kappa shape index (κ3) is 4.64. The van der Waals surface area contributed by atoms with Crippen molar-refractivity contribution in [3.8, 4) is 17.3 Å². The maximum atomic E-state index is 13.4. The fourth-order valence-corrected chi connectivity index (χ4v) is 3.45. The second kappa shape index (κ2) is 8.47. The first-order chi connectivity index (χ1) is 14.4. The van der Waals surface area contributed by atoms with Crippen LogP contribution in [-0.4, -0.2) is 34.1 Å². The lowest BCUT2D eigenvalue weighted by molar-refractivity contribution is -0.141. The van der Waals surface area contributed by atoms with Crippen LogP contribution in [0, 0.1) is 0 Å². The van der Waals surface area contributed by atoms with Crippen molar-refractivity contribution < 1.29 is 17.9 Å². The van der Waals surface area contributed by atoms with Gasteiger partial charge in [0.2, 0.25) is 0 Å². The highest BCUT2D eigenvalue weighted by Gasteiger charge is 2.35. The van der Waals surface area contributed by atoms with Gasteiger partial charge in [-0.2, -0.15) is 13.2 Å². The molecule has 5 nitrogen and oxygen atoms in total. The number of hydrogen-bond acceptors (Lipinski definition) is 5. The lowest BCUT2D eigenvalue weighted by atomic mass is 10.1. The number of para-hydroxylation sites is 1. The zero-order valence-electron chi connectivity index (χ0n) is 15.8. The van der Waals surface area contributed by atoms with Gasteiger partial charge in [-0.1, -0.05) is 29.8 Å². The Balaban J connectivity index is 1.53. The highest BCUT2D eigenvalue weighted by atomic mass is 35.5. The lowest BCUT2D eigenvalue weighted by Gasteiger charge is -2.33. The number of ether oxygens (including phenoxy) is 1. The summed E-state index contributed by atoms with van der Waals surface area (Å²) >= 11 is 6.14. The Bertz CT molecular complexity index is 1010. The molecule has 0 N–H and O–H groups in total. The van der Waals surface area contributed by atoms with E-state index >= 15 is 0 Å². The van der Waals surface area contributed by atoms with Gasteiger partial charge >= 0.3 is 6.18 Å². The van der Waals surface area contributed by atoms with E-state index in [4.69, 9.17) is 16.3 Å². The van der Waals surface area contributed by atoms with Crippen LogP contribution in [0.3, 0.4) is 0 Å². The number of piperidine rings is 1. The zero-order chi connectivity index (χ0) is 21.1. The van der Waals surface area contributed by atoms with Crippen LogP contribution in [-0.2, 0) is 6.18 Å². The number of hydrogen-bond donors (Lipinski definition) is 0. The van der Waals surface area contributed by atoms with Gasteiger partial charge in [0, 0.05) is 38.2 Å². The maximum absolute atomic E-state index is 13.4. The van der Waals surface area contributed by atoms with Crippen molar-refractivity contribution in [2.45, 2.75) is 25.1 Å². The molecule has 0 aliphatic carbocycles. The summed E-state index contributed by atoms with van der Waals surface area (Å²) in [7, 11) is 0. The number of pyridine rings is 1. The van der Waals surface area contributed by atoms with Gasteiger partial charge in [-0.3, -0.25) is 4.98 Å². The van der Waals surface area contributed by atoms with Gasteiger partial charge in [-0.15, -0.1) is 0 Å². The topological polar surface area (TPSA) is 51.1 Å².